The van der Waals surface area contributed by atoms with Gasteiger partial charge in [0.2, 0.25) is 0 Å². The number of nitrogens with one attached hydrogen (secondary N) is 1. The lowest BCUT2D eigenvalue weighted by molar-refractivity contribution is -0.0568. The summed E-state index contributed by atoms with van der Waals surface area (Å²) in [6, 6.07) is 0. The molecule has 20 heavy (non-hydrogen) atoms. The third-order valence-corrected chi connectivity index (χ3v) is 5.50. The Morgan fingerprint density at radius 2 is 1.90 bits per heavy atom. The largest absolute Gasteiger partial charge is 0.300 e. The molecule has 5 rings (SSSR count). The molecule has 0 radical (unpaired) electrons. The Hall–Kier alpha value is -1.34. The molecule has 0 amide bonds. The molecule has 1 heterocycles. The van der Waals surface area contributed by atoms with Crippen LogP contribution in [-0.4, -0.2) is 21.5 Å². The van der Waals surface area contributed by atoms with E-state index in [1.807, 2.05) is 6.20 Å². The Morgan fingerprint density at radius 3 is 2.50 bits per heavy atom. The molecule has 4 heteroatoms. The maximum atomic E-state index is 5.25. The molecular weight excluding hydrogens is 248 g/mol. The lowest BCUT2D eigenvalue weighted by Crippen LogP contribution is -2.52. The summed E-state index contributed by atoms with van der Waals surface area (Å²) in [6.45, 7) is 1.31. The van der Waals surface area contributed by atoms with Crippen molar-refractivity contribution < 1.29 is 0 Å². The van der Waals surface area contributed by atoms with Crippen LogP contribution >= 0.6 is 0 Å². The summed E-state index contributed by atoms with van der Waals surface area (Å²) in [5.74, 6) is 5.37. The van der Waals surface area contributed by atoms with Gasteiger partial charge in [-0.05, 0) is 56.3 Å². The SMILES string of the molecule is C#CCNCc1cnn(C23CC4CC(CC(C4)C2)C3)n1. The van der Waals surface area contributed by atoms with E-state index in [0.717, 1.165) is 30.0 Å². The quantitative estimate of drug-likeness (QED) is 0.671. The molecule has 0 aliphatic heterocycles. The van der Waals surface area contributed by atoms with Crippen LogP contribution in [0, 0.1) is 30.1 Å². The van der Waals surface area contributed by atoms with Gasteiger partial charge in [-0.1, -0.05) is 5.92 Å². The second kappa shape index (κ2) is 4.60. The van der Waals surface area contributed by atoms with Crippen molar-refractivity contribution in [2.75, 3.05) is 6.54 Å². The molecule has 0 aromatic carbocycles. The summed E-state index contributed by atoms with van der Waals surface area (Å²) >= 11 is 0. The summed E-state index contributed by atoms with van der Waals surface area (Å²) in [6.07, 6.45) is 15.4. The van der Waals surface area contributed by atoms with Gasteiger partial charge in [0.15, 0.2) is 0 Å². The summed E-state index contributed by atoms with van der Waals surface area (Å²) < 4.78 is 0. The van der Waals surface area contributed by atoms with Gasteiger partial charge in [-0.3, -0.25) is 0 Å². The summed E-state index contributed by atoms with van der Waals surface area (Å²) in [4.78, 5) is 2.06. The molecule has 0 spiro atoms. The Kier molecular flexibility index (Phi) is 2.85. The Labute approximate surface area is 120 Å². The predicted molar refractivity (Wildman–Crippen MR) is 76.7 cm³/mol. The molecule has 4 fully saturated rings. The molecule has 1 N–H and O–H groups in total. The van der Waals surface area contributed by atoms with Gasteiger partial charge in [-0.25, -0.2) is 0 Å². The highest BCUT2D eigenvalue weighted by atomic mass is 15.5. The van der Waals surface area contributed by atoms with Gasteiger partial charge in [-0.15, -0.1) is 6.42 Å². The highest BCUT2D eigenvalue weighted by molar-refractivity contribution is 5.05. The first-order valence-electron chi connectivity index (χ1n) is 7.83. The lowest BCUT2D eigenvalue weighted by atomic mass is 9.53. The van der Waals surface area contributed by atoms with Gasteiger partial charge in [0.1, 0.15) is 0 Å². The molecule has 4 bridgehead atoms. The van der Waals surface area contributed by atoms with Crippen molar-refractivity contribution in [3.8, 4) is 12.3 Å². The Balaban J connectivity index is 1.54. The normalized spacial score (nSPS) is 38.0. The van der Waals surface area contributed by atoms with Gasteiger partial charge < -0.3 is 5.32 Å². The molecule has 4 aliphatic carbocycles. The van der Waals surface area contributed by atoms with E-state index in [1.165, 1.54) is 38.5 Å². The third kappa shape index (κ3) is 1.96. The van der Waals surface area contributed by atoms with Crippen molar-refractivity contribution in [2.24, 2.45) is 17.8 Å². The van der Waals surface area contributed by atoms with Crippen molar-refractivity contribution in [1.82, 2.24) is 20.3 Å². The van der Waals surface area contributed by atoms with Crippen molar-refractivity contribution in [3.05, 3.63) is 11.9 Å². The van der Waals surface area contributed by atoms with Crippen molar-refractivity contribution >= 4 is 0 Å². The van der Waals surface area contributed by atoms with Crippen molar-refractivity contribution in [2.45, 2.75) is 50.6 Å². The number of hydrogen-bond donors (Lipinski definition) is 1. The van der Waals surface area contributed by atoms with Crippen LogP contribution < -0.4 is 5.32 Å². The van der Waals surface area contributed by atoms with E-state index in [9.17, 15) is 0 Å². The molecule has 1 aromatic heterocycles. The van der Waals surface area contributed by atoms with E-state index in [1.54, 1.807) is 0 Å². The average Bonchev–Trinajstić information content (AvgIpc) is 2.87. The fraction of sp³-hybridized carbons (Fsp3) is 0.750. The van der Waals surface area contributed by atoms with Crippen LogP contribution in [0.25, 0.3) is 0 Å². The topological polar surface area (TPSA) is 42.7 Å². The highest BCUT2D eigenvalue weighted by Gasteiger charge is 2.53. The zero-order valence-electron chi connectivity index (χ0n) is 11.9. The molecule has 106 valence electrons. The molecule has 4 aliphatic rings. The fourth-order valence-corrected chi connectivity index (χ4v) is 5.18. The minimum atomic E-state index is 0.235. The number of nitrogens with zero attached hydrogens (tertiary/aromatic N) is 3. The van der Waals surface area contributed by atoms with Crippen LogP contribution in [0.15, 0.2) is 6.20 Å². The molecule has 0 saturated heterocycles. The molecule has 1 aromatic rings. The molecular formula is C16H22N4. The first-order valence-corrected chi connectivity index (χ1v) is 7.83. The van der Waals surface area contributed by atoms with Crippen LogP contribution in [-0.2, 0) is 12.1 Å². The summed E-state index contributed by atoms with van der Waals surface area (Å²) in [5.41, 5.74) is 1.25. The van der Waals surface area contributed by atoms with Crippen LogP contribution in [0.2, 0.25) is 0 Å². The maximum absolute atomic E-state index is 5.25. The zero-order valence-corrected chi connectivity index (χ0v) is 11.9. The van der Waals surface area contributed by atoms with Gasteiger partial charge in [0.05, 0.1) is 24.0 Å². The van der Waals surface area contributed by atoms with E-state index in [2.05, 4.69) is 21.1 Å². The second-order valence-electron chi connectivity index (χ2n) is 7.07. The zero-order chi connectivity index (χ0) is 13.6. The summed E-state index contributed by atoms with van der Waals surface area (Å²) in [7, 11) is 0. The number of terminal acetylenes is 1. The first-order chi connectivity index (χ1) is 9.77. The van der Waals surface area contributed by atoms with Crippen molar-refractivity contribution in [3.63, 3.8) is 0 Å². The van der Waals surface area contributed by atoms with Crippen molar-refractivity contribution in [1.29, 1.82) is 0 Å². The lowest BCUT2D eigenvalue weighted by Gasteiger charge is -2.55. The standard InChI is InChI=1S/C16H22N4/c1-2-3-17-10-15-11-18-20(19-15)16-7-12-4-13(8-16)6-14(5-12)9-16/h1,11-14,17H,3-10H2. The van der Waals surface area contributed by atoms with Crippen LogP contribution in [0.1, 0.15) is 44.2 Å². The van der Waals surface area contributed by atoms with Gasteiger partial charge in [-0.2, -0.15) is 15.0 Å². The minimum absolute atomic E-state index is 0.235. The Bertz CT molecular complexity index is 504. The van der Waals surface area contributed by atoms with Crippen LogP contribution in [0.3, 0.4) is 0 Å². The van der Waals surface area contributed by atoms with E-state index >= 15 is 0 Å². The van der Waals surface area contributed by atoms with Crippen LogP contribution in [0.4, 0.5) is 0 Å². The smallest absolute Gasteiger partial charge is 0.0965 e. The molecule has 0 unspecified atom stereocenters. The van der Waals surface area contributed by atoms with E-state index in [-0.39, 0.29) is 5.54 Å². The van der Waals surface area contributed by atoms with E-state index in [0.29, 0.717) is 6.54 Å². The number of aromatic nitrogens is 3. The molecule has 4 nitrogen and oxygen atoms in total. The molecule has 0 atom stereocenters. The fourth-order valence-electron chi connectivity index (χ4n) is 5.18. The minimum Gasteiger partial charge on any atom is -0.300 e. The van der Waals surface area contributed by atoms with Gasteiger partial charge in [0.25, 0.3) is 0 Å². The number of hydrogen-bond acceptors (Lipinski definition) is 3. The predicted octanol–water partition coefficient (Wildman–Crippen LogP) is 1.93. The highest BCUT2D eigenvalue weighted by Crippen LogP contribution is 2.58. The Morgan fingerprint density at radius 1 is 1.25 bits per heavy atom. The van der Waals surface area contributed by atoms with Crippen LogP contribution in [0.5, 0.6) is 0 Å². The second-order valence-corrected chi connectivity index (χ2v) is 7.07. The maximum Gasteiger partial charge on any atom is 0.0965 e. The van der Waals surface area contributed by atoms with Gasteiger partial charge >= 0.3 is 0 Å². The monoisotopic (exact) mass is 270 g/mol. The van der Waals surface area contributed by atoms with E-state index in [4.69, 9.17) is 11.5 Å². The van der Waals surface area contributed by atoms with E-state index < -0.39 is 0 Å². The first kappa shape index (κ1) is 12.4. The number of rotatable bonds is 4. The third-order valence-electron chi connectivity index (χ3n) is 5.50. The average molecular weight is 270 g/mol. The molecule has 4 saturated carbocycles. The van der Waals surface area contributed by atoms with Gasteiger partial charge in [0, 0.05) is 6.54 Å². The summed E-state index contributed by atoms with van der Waals surface area (Å²) in [5, 5.41) is 12.5.